The Balaban J connectivity index is 1.26. The molecule has 0 radical (unpaired) electrons. The molecular formula is C32H26O6S. The lowest BCUT2D eigenvalue weighted by molar-refractivity contribution is 0.128. The highest BCUT2D eigenvalue weighted by atomic mass is 32.2. The molecule has 3 atom stereocenters. The van der Waals surface area contributed by atoms with Gasteiger partial charge in [-0.25, -0.2) is 0 Å². The first-order valence-corrected chi connectivity index (χ1v) is 14.1. The molecule has 6 nitrogen and oxygen atoms in total. The zero-order chi connectivity index (χ0) is 27.0. The van der Waals surface area contributed by atoms with Gasteiger partial charge in [0.2, 0.25) is 0 Å². The molecule has 7 heteroatoms. The molecule has 4 aromatic carbocycles. The number of aromatic hydroxyl groups is 2. The summed E-state index contributed by atoms with van der Waals surface area (Å²) in [6, 6.07) is 30.2. The Bertz CT molecular complexity index is 1640. The van der Waals surface area contributed by atoms with E-state index in [-0.39, 0.29) is 23.7 Å². The van der Waals surface area contributed by atoms with E-state index in [1.807, 2.05) is 54.6 Å². The monoisotopic (exact) mass is 538 g/mol. The molecule has 4 aromatic rings. The molecule has 2 aliphatic rings. The van der Waals surface area contributed by atoms with E-state index in [2.05, 4.69) is 0 Å². The first-order chi connectivity index (χ1) is 18.9. The van der Waals surface area contributed by atoms with E-state index in [0.717, 1.165) is 33.4 Å². The van der Waals surface area contributed by atoms with Gasteiger partial charge in [0.05, 0.1) is 6.10 Å². The number of rotatable bonds is 7. The minimum atomic E-state index is -4.04. The molecule has 0 aliphatic carbocycles. The van der Waals surface area contributed by atoms with Crippen molar-refractivity contribution in [2.24, 2.45) is 0 Å². The van der Waals surface area contributed by atoms with Crippen LogP contribution in [0, 0.1) is 0 Å². The fourth-order valence-corrected chi connectivity index (χ4v) is 6.64. The van der Waals surface area contributed by atoms with E-state index in [1.165, 1.54) is 0 Å². The average molecular weight is 539 g/mol. The van der Waals surface area contributed by atoms with Crippen molar-refractivity contribution in [3.05, 3.63) is 125 Å². The average Bonchev–Trinajstić information content (AvgIpc) is 3.54. The van der Waals surface area contributed by atoms with Gasteiger partial charge >= 0.3 is 10.1 Å². The van der Waals surface area contributed by atoms with Crippen molar-refractivity contribution in [3.8, 4) is 17.2 Å². The topological polar surface area (TPSA) is 93.1 Å². The zero-order valence-corrected chi connectivity index (χ0v) is 21.7. The van der Waals surface area contributed by atoms with E-state index >= 15 is 0 Å². The van der Waals surface area contributed by atoms with E-state index in [0.29, 0.717) is 0 Å². The van der Waals surface area contributed by atoms with Crippen molar-refractivity contribution in [2.75, 3.05) is 0 Å². The van der Waals surface area contributed by atoms with Crippen molar-refractivity contribution in [3.63, 3.8) is 0 Å². The van der Waals surface area contributed by atoms with Gasteiger partial charge in [0.1, 0.15) is 28.6 Å². The van der Waals surface area contributed by atoms with Crippen LogP contribution in [0.4, 0.5) is 0 Å². The summed E-state index contributed by atoms with van der Waals surface area (Å²) < 4.78 is 38.8. The SMILES string of the molecule is O=S(=O)(Oc1ccc(/C=C/c2ccccc2)cc1)C1CC2OC1C(c1ccc(O)cc1)=C2c1ccc(O)cc1. The number of phenolic OH excluding ortho intramolecular Hbond substituents is 2. The van der Waals surface area contributed by atoms with Gasteiger partial charge in [-0.1, -0.05) is 78.9 Å². The van der Waals surface area contributed by atoms with Crippen LogP contribution >= 0.6 is 0 Å². The minimum Gasteiger partial charge on any atom is -0.508 e. The van der Waals surface area contributed by atoms with Gasteiger partial charge in [0, 0.05) is 6.42 Å². The maximum absolute atomic E-state index is 13.5. The Hall–Kier alpha value is -4.33. The highest BCUT2D eigenvalue weighted by Gasteiger charge is 2.53. The summed E-state index contributed by atoms with van der Waals surface area (Å²) in [7, 11) is -4.04. The lowest BCUT2D eigenvalue weighted by Gasteiger charge is -2.24. The number of benzene rings is 4. The molecule has 39 heavy (non-hydrogen) atoms. The Morgan fingerprint density at radius 1 is 0.692 bits per heavy atom. The van der Waals surface area contributed by atoms with Gasteiger partial charge in [-0.3, -0.25) is 0 Å². The van der Waals surface area contributed by atoms with Gasteiger partial charge in [-0.15, -0.1) is 0 Å². The molecule has 196 valence electrons. The van der Waals surface area contributed by atoms with E-state index in [1.54, 1.807) is 60.7 Å². The van der Waals surface area contributed by atoms with Crippen LogP contribution in [0.15, 0.2) is 103 Å². The van der Waals surface area contributed by atoms with Crippen molar-refractivity contribution < 1.29 is 27.6 Å². The first-order valence-electron chi connectivity index (χ1n) is 12.6. The van der Waals surface area contributed by atoms with Crippen LogP contribution in [0.5, 0.6) is 17.2 Å². The molecule has 6 rings (SSSR count). The maximum atomic E-state index is 13.5. The standard InChI is InChI=1S/C32H26O6S/c33-25-14-10-23(11-15-25)30-28-20-29(32(37-28)31(30)24-12-16-26(34)17-13-24)39(35,36)38-27-18-8-22(9-19-27)7-6-21-4-2-1-3-5-21/h1-19,28-29,32-34H,20H2/b7-6+. The highest BCUT2D eigenvalue weighted by Crippen LogP contribution is 2.51. The van der Waals surface area contributed by atoms with Gasteiger partial charge in [-0.2, -0.15) is 8.42 Å². The summed E-state index contributed by atoms with van der Waals surface area (Å²) >= 11 is 0. The fraction of sp³-hybridized carbons (Fsp3) is 0.125. The van der Waals surface area contributed by atoms with Crippen molar-refractivity contribution in [1.82, 2.24) is 0 Å². The molecular weight excluding hydrogens is 512 g/mol. The Kier molecular flexibility index (Phi) is 6.46. The van der Waals surface area contributed by atoms with E-state index in [9.17, 15) is 18.6 Å². The summed E-state index contributed by atoms with van der Waals surface area (Å²) in [5.74, 6) is 0.498. The second kappa shape index (κ2) is 10.1. The Morgan fingerprint density at radius 3 is 1.82 bits per heavy atom. The lowest BCUT2D eigenvalue weighted by atomic mass is 9.83. The van der Waals surface area contributed by atoms with Crippen molar-refractivity contribution in [2.45, 2.75) is 23.9 Å². The number of hydrogen-bond donors (Lipinski definition) is 2. The minimum absolute atomic E-state index is 0.115. The van der Waals surface area contributed by atoms with Crippen LogP contribution in [0.1, 0.15) is 28.7 Å². The molecule has 1 fully saturated rings. The molecule has 0 spiro atoms. The highest BCUT2D eigenvalue weighted by molar-refractivity contribution is 7.87. The van der Waals surface area contributed by atoms with Crippen LogP contribution in [-0.2, 0) is 14.9 Å². The molecule has 2 aliphatic heterocycles. The molecule has 0 saturated carbocycles. The predicted molar refractivity (Wildman–Crippen MR) is 151 cm³/mol. The van der Waals surface area contributed by atoms with E-state index in [4.69, 9.17) is 8.92 Å². The third-order valence-electron chi connectivity index (χ3n) is 7.08. The van der Waals surface area contributed by atoms with Gasteiger partial charge in [0.25, 0.3) is 0 Å². The summed E-state index contributed by atoms with van der Waals surface area (Å²) in [5, 5.41) is 18.7. The van der Waals surface area contributed by atoms with Crippen LogP contribution in [0.3, 0.4) is 0 Å². The first kappa shape index (κ1) is 25.0. The molecule has 2 N–H and O–H groups in total. The molecule has 3 unspecified atom stereocenters. The van der Waals surface area contributed by atoms with Gasteiger partial charge in [0.15, 0.2) is 0 Å². The molecule has 2 heterocycles. The number of hydrogen-bond acceptors (Lipinski definition) is 6. The fourth-order valence-electron chi connectivity index (χ4n) is 5.22. The number of ether oxygens (including phenoxy) is 1. The van der Waals surface area contributed by atoms with Crippen molar-refractivity contribution >= 4 is 33.4 Å². The van der Waals surface area contributed by atoms with Crippen LogP contribution < -0.4 is 4.18 Å². The summed E-state index contributed by atoms with van der Waals surface area (Å²) in [4.78, 5) is 0. The van der Waals surface area contributed by atoms with Crippen LogP contribution in [0.2, 0.25) is 0 Å². The predicted octanol–water partition coefficient (Wildman–Crippen LogP) is 6.13. The third-order valence-corrected chi connectivity index (χ3v) is 8.69. The smallest absolute Gasteiger partial charge is 0.315 e. The summed E-state index contributed by atoms with van der Waals surface area (Å²) in [6.07, 6.45) is 3.01. The second-order valence-corrected chi connectivity index (χ2v) is 11.4. The maximum Gasteiger partial charge on any atom is 0.315 e. The Morgan fingerprint density at radius 2 is 1.23 bits per heavy atom. The third kappa shape index (κ3) is 5.06. The van der Waals surface area contributed by atoms with Gasteiger partial charge < -0.3 is 19.1 Å². The van der Waals surface area contributed by atoms with Crippen molar-refractivity contribution in [1.29, 1.82) is 0 Å². The Labute approximate surface area is 227 Å². The quantitative estimate of drug-likeness (QED) is 0.217. The summed E-state index contributed by atoms with van der Waals surface area (Å²) in [6.45, 7) is 0. The molecule has 1 saturated heterocycles. The van der Waals surface area contributed by atoms with Crippen LogP contribution in [-0.4, -0.2) is 36.1 Å². The molecule has 2 bridgehead atoms. The zero-order valence-electron chi connectivity index (χ0n) is 20.8. The summed E-state index contributed by atoms with van der Waals surface area (Å²) in [5.41, 5.74) is 5.23. The number of fused-ring (bicyclic) bond motifs is 2. The molecule has 0 aromatic heterocycles. The van der Waals surface area contributed by atoms with E-state index < -0.39 is 27.6 Å². The molecule has 0 amide bonds. The largest absolute Gasteiger partial charge is 0.508 e. The second-order valence-electron chi connectivity index (χ2n) is 9.63. The van der Waals surface area contributed by atoms with Gasteiger partial charge in [-0.05, 0) is 69.8 Å². The normalized spacial score (nSPS) is 20.6. The van der Waals surface area contributed by atoms with Crippen LogP contribution in [0.25, 0.3) is 23.3 Å². The number of phenols is 2. The lowest BCUT2D eigenvalue weighted by Crippen LogP contribution is -2.35.